The summed E-state index contributed by atoms with van der Waals surface area (Å²) in [6.07, 6.45) is 0. The Hall–Kier alpha value is -3.23. The van der Waals surface area contributed by atoms with E-state index >= 15 is 0 Å². The number of hydrogen-bond donors (Lipinski definition) is 0. The summed E-state index contributed by atoms with van der Waals surface area (Å²) < 4.78 is 0. The third-order valence-electron chi connectivity index (χ3n) is 16.7. The summed E-state index contributed by atoms with van der Waals surface area (Å²) in [6, 6.07) is 22.2. The van der Waals surface area contributed by atoms with Crippen LogP contribution < -0.4 is 0 Å². The summed E-state index contributed by atoms with van der Waals surface area (Å²) in [5.41, 5.74) is 31.7. The van der Waals surface area contributed by atoms with Crippen molar-refractivity contribution in [1.29, 1.82) is 0 Å². The molecule has 3 aromatic rings. The molecule has 0 nitrogen and oxygen atoms in total. The van der Waals surface area contributed by atoms with Crippen LogP contribution in [0.4, 0.5) is 0 Å². The third-order valence-corrected chi connectivity index (χ3v) is 41.9. The summed E-state index contributed by atoms with van der Waals surface area (Å²) in [7, 11) is -8.92. The molecule has 0 atom stereocenters. The van der Waals surface area contributed by atoms with Crippen LogP contribution in [0, 0.1) is 45.9 Å². The number of rotatable bonds is 14. The van der Waals surface area contributed by atoms with E-state index in [-0.39, 0.29) is 0 Å². The maximum Gasteiger partial charge on any atom is 0.146 e. The van der Waals surface area contributed by atoms with E-state index in [1.165, 1.54) is 0 Å². The van der Waals surface area contributed by atoms with Gasteiger partial charge in [-0.3, -0.25) is 0 Å². The second kappa shape index (κ2) is 23.4. The summed E-state index contributed by atoms with van der Waals surface area (Å²) >= 11 is 0. The molecule has 3 rings (SSSR count). The van der Waals surface area contributed by atoms with Gasteiger partial charge in [-0.05, 0) is 77.6 Å². The van der Waals surface area contributed by atoms with Gasteiger partial charge < -0.3 is 0 Å². The highest BCUT2D eigenvalue weighted by Gasteiger charge is 2.45. The van der Waals surface area contributed by atoms with Crippen molar-refractivity contribution in [3.63, 3.8) is 0 Å². The minimum Gasteiger partial charge on any atom is -0.125 e. The standard InChI is InChI=1S/C62H94Si4/c1-43(2)63(44(3)4,45(5)6)39-35-57-58(36-40-64(46(7)8,47(9)10)48(11)12)60(38-42-66(52(19)20,53(21)22)54(23)24)62(56-33-29-26-30-34-56)61(55-31-27-25-28-32-55)59(57)37-41-65(49(13)14,50(15)16)51(17)18/h25-34,43-54H,1-24H3. The first-order valence-electron chi connectivity index (χ1n) is 26.1. The second-order valence-corrected chi connectivity index (χ2v) is 45.9. The van der Waals surface area contributed by atoms with Crippen LogP contribution in [-0.4, -0.2) is 32.3 Å². The number of benzene rings is 3. The Kier molecular flexibility index (Phi) is 20.2. The van der Waals surface area contributed by atoms with Crippen molar-refractivity contribution in [2.24, 2.45) is 0 Å². The first kappa shape index (κ1) is 57.1. The monoisotopic (exact) mass is 951 g/mol. The molecular weight excluding hydrogens is 857 g/mol. The fourth-order valence-electron chi connectivity index (χ4n) is 13.5. The van der Waals surface area contributed by atoms with Crippen LogP contribution in [0.15, 0.2) is 60.7 Å². The van der Waals surface area contributed by atoms with Crippen molar-refractivity contribution in [3.8, 4) is 68.1 Å². The third kappa shape index (κ3) is 11.0. The van der Waals surface area contributed by atoms with Crippen LogP contribution in [0.1, 0.15) is 188 Å². The van der Waals surface area contributed by atoms with E-state index < -0.39 is 32.3 Å². The first-order valence-corrected chi connectivity index (χ1v) is 35.1. The largest absolute Gasteiger partial charge is 0.146 e. The Labute approximate surface area is 413 Å². The summed E-state index contributed by atoms with van der Waals surface area (Å²) in [4.78, 5) is 0. The van der Waals surface area contributed by atoms with Crippen LogP contribution in [-0.2, 0) is 0 Å². The molecule has 0 aliphatic rings. The highest BCUT2D eigenvalue weighted by Crippen LogP contribution is 2.47. The fraction of sp³-hybridized carbons (Fsp3) is 0.581. The van der Waals surface area contributed by atoms with Gasteiger partial charge in [-0.1, -0.05) is 251 Å². The summed E-state index contributed by atoms with van der Waals surface area (Å²) in [5.74, 6) is 16.8. The molecule has 0 amide bonds. The predicted molar refractivity (Wildman–Crippen MR) is 309 cm³/mol. The van der Waals surface area contributed by atoms with Crippen LogP contribution in [0.3, 0.4) is 0 Å². The average molecular weight is 952 g/mol. The Morgan fingerprint density at radius 3 is 0.576 bits per heavy atom. The van der Waals surface area contributed by atoms with Gasteiger partial charge in [0.15, 0.2) is 0 Å². The lowest BCUT2D eigenvalue weighted by Crippen LogP contribution is -2.43. The Morgan fingerprint density at radius 1 is 0.242 bits per heavy atom. The van der Waals surface area contributed by atoms with Gasteiger partial charge in [0.05, 0.1) is 11.1 Å². The number of hydrogen-bond acceptors (Lipinski definition) is 0. The topological polar surface area (TPSA) is 0 Å². The maximum atomic E-state index is 4.29. The molecule has 0 saturated carbocycles. The molecule has 0 fully saturated rings. The summed E-state index contributed by atoms with van der Waals surface area (Å²) in [6.45, 7) is 58.4. The van der Waals surface area contributed by atoms with E-state index in [4.69, 9.17) is 0 Å². The molecule has 0 heterocycles. The van der Waals surface area contributed by atoms with E-state index in [0.29, 0.717) is 66.5 Å². The average Bonchev–Trinajstić information content (AvgIpc) is 3.21. The van der Waals surface area contributed by atoms with Crippen molar-refractivity contribution in [2.75, 3.05) is 0 Å². The van der Waals surface area contributed by atoms with Gasteiger partial charge in [-0.15, -0.1) is 22.2 Å². The van der Waals surface area contributed by atoms with Gasteiger partial charge in [0, 0.05) is 22.3 Å². The van der Waals surface area contributed by atoms with Gasteiger partial charge in [-0.2, -0.15) is 0 Å². The quantitative estimate of drug-likeness (QED) is 0.112. The van der Waals surface area contributed by atoms with Gasteiger partial charge in [0.25, 0.3) is 0 Å². The lowest BCUT2D eigenvalue weighted by atomic mass is 9.81. The highest BCUT2D eigenvalue weighted by molar-refractivity contribution is 6.92. The minimum atomic E-state index is -2.24. The normalized spacial score (nSPS) is 12.8. The Bertz CT molecular complexity index is 2070. The van der Waals surface area contributed by atoms with E-state index in [1.54, 1.807) is 0 Å². The minimum absolute atomic E-state index is 0.478. The molecule has 4 heteroatoms. The van der Waals surface area contributed by atoms with E-state index in [0.717, 1.165) is 44.5 Å². The lowest BCUT2D eigenvalue weighted by molar-refractivity contribution is 0.838. The molecular formula is C62H94Si4. The zero-order chi connectivity index (χ0) is 50.3. The molecule has 0 aromatic heterocycles. The van der Waals surface area contributed by atoms with E-state index in [1.807, 2.05) is 0 Å². The SMILES string of the molecule is CC(C)[Si](C#Cc1c(C#C[Si](C(C)C)(C(C)C)C(C)C)c(C#C[Si](C(C)C)(C(C)C)C(C)C)c(-c2ccccc2)c(-c2ccccc2)c1C#C[Si](C(C)C)(C(C)C)C(C)C)(C(C)C)C(C)C. The molecule has 0 bridgehead atoms. The van der Waals surface area contributed by atoms with E-state index in [9.17, 15) is 0 Å². The van der Waals surface area contributed by atoms with Crippen LogP contribution >= 0.6 is 0 Å². The van der Waals surface area contributed by atoms with Crippen molar-refractivity contribution < 1.29 is 0 Å². The smallest absolute Gasteiger partial charge is 0.125 e. The first-order chi connectivity index (χ1) is 30.7. The summed E-state index contributed by atoms with van der Waals surface area (Å²) in [5, 5.41) is 0. The highest BCUT2D eigenvalue weighted by atomic mass is 28.3. The maximum absolute atomic E-state index is 4.29. The molecule has 66 heavy (non-hydrogen) atoms. The van der Waals surface area contributed by atoms with E-state index in [2.05, 4.69) is 273 Å². The molecule has 0 unspecified atom stereocenters. The molecule has 0 saturated heterocycles. The lowest BCUT2D eigenvalue weighted by Gasteiger charge is -2.38. The molecule has 358 valence electrons. The zero-order valence-corrected chi connectivity index (χ0v) is 50.7. The van der Waals surface area contributed by atoms with Crippen LogP contribution in [0.2, 0.25) is 66.5 Å². The molecule has 0 aliphatic carbocycles. The molecule has 0 spiro atoms. The molecule has 0 N–H and O–H groups in total. The van der Waals surface area contributed by atoms with Crippen LogP contribution in [0.5, 0.6) is 0 Å². The molecule has 0 radical (unpaired) electrons. The predicted octanol–water partition coefficient (Wildman–Crippen LogP) is 19.3. The van der Waals surface area contributed by atoms with Crippen molar-refractivity contribution in [3.05, 3.63) is 82.9 Å². The Balaban J connectivity index is 3.22. The van der Waals surface area contributed by atoms with Crippen LogP contribution in [0.25, 0.3) is 22.3 Å². The Morgan fingerprint density at radius 2 is 0.409 bits per heavy atom. The molecule has 0 aliphatic heterocycles. The van der Waals surface area contributed by atoms with Crippen molar-refractivity contribution >= 4 is 32.3 Å². The zero-order valence-electron chi connectivity index (χ0n) is 46.7. The second-order valence-electron chi connectivity index (χ2n) is 23.6. The molecule has 3 aromatic carbocycles. The van der Waals surface area contributed by atoms with Crippen molar-refractivity contribution in [1.82, 2.24) is 0 Å². The van der Waals surface area contributed by atoms with Gasteiger partial charge in [0.2, 0.25) is 0 Å². The van der Waals surface area contributed by atoms with Gasteiger partial charge in [-0.25, -0.2) is 0 Å². The van der Waals surface area contributed by atoms with Gasteiger partial charge >= 0.3 is 0 Å². The van der Waals surface area contributed by atoms with Crippen molar-refractivity contribution in [2.45, 2.75) is 233 Å². The van der Waals surface area contributed by atoms with Gasteiger partial charge in [0.1, 0.15) is 32.3 Å². The fourth-order valence-corrected chi connectivity index (χ4v) is 34.3.